The lowest BCUT2D eigenvalue weighted by atomic mass is 10.00. The molecule has 0 aromatic carbocycles. The van der Waals surface area contributed by atoms with Gasteiger partial charge in [-0.25, -0.2) is 0 Å². The number of rotatable bonds is 3. The maximum absolute atomic E-state index is 12.8. The Balaban J connectivity index is 1.65. The molecule has 0 spiro atoms. The summed E-state index contributed by atoms with van der Waals surface area (Å²) in [5, 5.41) is 0. The zero-order valence-corrected chi connectivity index (χ0v) is 14.2. The summed E-state index contributed by atoms with van der Waals surface area (Å²) in [4.78, 5) is 19.6. The molecule has 1 aromatic rings. The molecule has 3 rings (SSSR count). The fourth-order valence-electron chi connectivity index (χ4n) is 3.42. The van der Waals surface area contributed by atoms with E-state index in [2.05, 4.69) is 17.5 Å². The van der Waals surface area contributed by atoms with Crippen molar-refractivity contribution in [1.82, 2.24) is 9.80 Å². The van der Waals surface area contributed by atoms with Crippen LogP contribution in [0.4, 0.5) is 0 Å². The van der Waals surface area contributed by atoms with E-state index in [0.29, 0.717) is 0 Å². The van der Waals surface area contributed by atoms with Crippen molar-refractivity contribution in [3.05, 3.63) is 34.0 Å². The van der Waals surface area contributed by atoms with Crippen LogP contribution in [0.15, 0.2) is 18.7 Å². The van der Waals surface area contributed by atoms with Gasteiger partial charge in [-0.2, -0.15) is 0 Å². The van der Waals surface area contributed by atoms with Crippen LogP contribution in [0.5, 0.6) is 0 Å². The Morgan fingerprint density at radius 3 is 2.59 bits per heavy atom. The highest BCUT2D eigenvalue weighted by Gasteiger charge is 2.24. The van der Waals surface area contributed by atoms with Gasteiger partial charge in [-0.15, -0.1) is 17.9 Å². The van der Waals surface area contributed by atoms with Gasteiger partial charge in [-0.3, -0.25) is 9.69 Å². The third-order valence-electron chi connectivity index (χ3n) is 4.75. The quantitative estimate of drug-likeness (QED) is 0.798. The van der Waals surface area contributed by atoms with Crippen LogP contribution < -0.4 is 0 Å². The van der Waals surface area contributed by atoms with E-state index >= 15 is 0 Å². The Morgan fingerprint density at radius 2 is 1.86 bits per heavy atom. The second kappa shape index (κ2) is 7.42. The summed E-state index contributed by atoms with van der Waals surface area (Å²) in [5.41, 5.74) is 1.44. The highest BCUT2D eigenvalue weighted by molar-refractivity contribution is 7.14. The molecule has 22 heavy (non-hydrogen) atoms. The van der Waals surface area contributed by atoms with E-state index in [0.717, 1.165) is 44.0 Å². The molecular weight excluding hydrogens is 292 g/mol. The van der Waals surface area contributed by atoms with Crippen LogP contribution in [-0.2, 0) is 12.8 Å². The Labute approximate surface area is 137 Å². The first-order chi connectivity index (χ1) is 10.8. The largest absolute Gasteiger partial charge is 0.335 e. The van der Waals surface area contributed by atoms with Gasteiger partial charge in [0.25, 0.3) is 5.91 Å². The van der Waals surface area contributed by atoms with Crippen molar-refractivity contribution in [3.8, 4) is 0 Å². The van der Waals surface area contributed by atoms with Gasteiger partial charge >= 0.3 is 0 Å². The topological polar surface area (TPSA) is 23.6 Å². The maximum atomic E-state index is 12.8. The summed E-state index contributed by atoms with van der Waals surface area (Å²) < 4.78 is 0. The predicted molar refractivity (Wildman–Crippen MR) is 92.7 cm³/mol. The van der Waals surface area contributed by atoms with Crippen molar-refractivity contribution in [3.63, 3.8) is 0 Å². The van der Waals surface area contributed by atoms with Crippen molar-refractivity contribution in [1.29, 1.82) is 0 Å². The zero-order chi connectivity index (χ0) is 15.4. The minimum Gasteiger partial charge on any atom is -0.335 e. The number of nitrogens with zero attached hydrogens (tertiary/aromatic N) is 2. The second-order valence-electron chi connectivity index (χ2n) is 6.35. The molecule has 0 N–H and O–H groups in total. The highest BCUT2D eigenvalue weighted by Crippen LogP contribution is 2.29. The number of aryl methyl sites for hydroxylation is 2. The van der Waals surface area contributed by atoms with Crippen molar-refractivity contribution < 1.29 is 4.79 Å². The standard InChI is InChI=1S/C18H26N2OS/c1-2-9-19-10-12-20(13-11-19)18(21)17-14-15-7-5-3-4-6-8-16(15)22-17/h2,14H,1,3-13H2. The fraction of sp³-hybridized carbons (Fsp3) is 0.611. The SMILES string of the molecule is C=CCN1CCN(C(=O)c2cc3c(s2)CCCCCC3)CC1. The minimum absolute atomic E-state index is 0.245. The molecule has 3 nitrogen and oxygen atoms in total. The van der Waals surface area contributed by atoms with E-state index in [4.69, 9.17) is 0 Å². The summed E-state index contributed by atoms with van der Waals surface area (Å²) in [6.45, 7) is 8.32. The third-order valence-corrected chi connectivity index (χ3v) is 5.98. The first-order valence-electron chi connectivity index (χ1n) is 8.52. The molecule has 1 aliphatic heterocycles. The van der Waals surface area contributed by atoms with Crippen LogP contribution >= 0.6 is 11.3 Å². The van der Waals surface area contributed by atoms with Crippen molar-refractivity contribution in [2.45, 2.75) is 38.5 Å². The molecule has 0 saturated carbocycles. The molecule has 0 unspecified atom stereocenters. The van der Waals surface area contributed by atoms with E-state index in [1.807, 2.05) is 11.0 Å². The van der Waals surface area contributed by atoms with Gasteiger partial charge in [0.05, 0.1) is 4.88 Å². The molecule has 120 valence electrons. The van der Waals surface area contributed by atoms with E-state index < -0.39 is 0 Å². The molecule has 2 heterocycles. The molecule has 1 aromatic heterocycles. The van der Waals surface area contributed by atoms with Crippen molar-refractivity contribution in [2.24, 2.45) is 0 Å². The molecule has 4 heteroatoms. The molecule has 0 radical (unpaired) electrons. The summed E-state index contributed by atoms with van der Waals surface area (Å²) >= 11 is 1.75. The van der Waals surface area contributed by atoms with Crippen LogP contribution in [0.25, 0.3) is 0 Å². The predicted octanol–water partition coefficient (Wildman–Crippen LogP) is 3.35. The monoisotopic (exact) mass is 318 g/mol. The molecule has 0 bridgehead atoms. The lowest BCUT2D eigenvalue weighted by Gasteiger charge is -2.33. The average Bonchev–Trinajstić information content (AvgIpc) is 2.90. The molecular formula is C18H26N2OS. The van der Waals surface area contributed by atoms with Gasteiger partial charge in [0.1, 0.15) is 0 Å². The Hall–Kier alpha value is -1.13. The third kappa shape index (κ3) is 3.61. The van der Waals surface area contributed by atoms with E-state index in [-0.39, 0.29) is 5.91 Å². The molecule has 2 aliphatic rings. The Kier molecular flexibility index (Phi) is 5.32. The van der Waals surface area contributed by atoms with Crippen LogP contribution in [0.3, 0.4) is 0 Å². The first kappa shape index (κ1) is 15.8. The van der Waals surface area contributed by atoms with Crippen LogP contribution in [-0.4, -0.2) is 48.4 Å². The van der Waals surface area contributed by atoms with Gasteiger partial charge in [0, 0.05) is 37.6 Å². The lowest BCUT2D eigenvalue weighted by molar-refractivity contribution is 0.0655. The summed E-state index contributed by atoms with van der Waals surface area (Å²) in [6.07, 6.45) is 9.50. The summed E-state index contributed by atoms with van der Waals surface area (Å²) in [5.74, 6) is 0.245. The normalized spacial score (nSPS) is 20.1. The molecule has 1 aliphatic carbocycles. The minimum atomic E-state index is 0.245. The summed E-state index contributed by atoms with van der Waals surface area (Å²) in [7, 11) is 0. The van der Waals surface area contributed by atoms with Gasteiger partial charge in [0.2, 0.25) is 0 Å². The molecule has 0 atom stereocenters. The number of carbonyl (C=O) groups excluding carboxylic acids is 1. The van der Waals surface area contributed by atoms with Gasteiger partial charge in [-0.05, 0) is 37.3 Å². The van der Waals surface area contributed by atoms with Crippen molar-refractivity contribution >= 4 is 17.2 Å². The van der Waals surface area contributed by atoms with E-state index in [1.54, 1.807) is 11.3 Å². The number of fused-ring (bicyclic) bond motifs is 1. The van der Waals surface area contributed by atoms with Crippen LogP contribution in [0.1, 0.15) is 45.8 Å². The maximum Gasteiger partial charge on any atom is 0.264 e. The zero-order valence-electron chi connectivity index (χ0n) is 13.4. The second-order valence-corrected chi connectivity index (χ2v) is 7.49. The van der Waals surface area contributed by atoms with Gasteiger partial charge in [0.15, 0.2) is 0 Å². The molecule has 1 saturated heterocycles. The number of amides is 1. The molecule has 1 amide bonds. The smallest absolute Gasteiger partial charge is 0.264 e. The number of hydrogen-bond acceptors (Lipinski definition) is 3. The Morgan fingerprint density at radius 1 is 1.14 bits per heavy atom. The number of thiophene rings is 1. The number of carbonyl (C=O) groups is 1. The summed E-state index contributed by atoms with van der Waals surface area (Å²) in [6, 6.07) is 2.18. The van der Waals surface area contributed by atoms with Crippen LogP contribution in [0, 0.1) is 0 Å². The van der Waals surface area contributed by atoms with Crippen molar-refractivity contribution in [2.75, 3.05) is 32.7 Å². The Bertz CT molecular complexity index is 504. The fourth-order valence-corrected chi connectivity index (χ4v) is 4.64. The van der Waals surface area contributed by atoms with Gasteiger partial charge < -0.3 is 4.90 Å². The van der Waals surface area contributed by atoms with Gasteiger partial charge in [-0.1, -0.05) is 18.9 Å². The van der Waals surface area contributed by atoms with E-state index in [9.17, 15) is 4.79 Å². The lowest BCUT2D eigenvalue weighted by Crippen LogP contribution is -2.48. The van der Waals surface area contributed by atoms with Crippen LogP contribution in [0.2, 0.25) is 0 Å². The number of hydrogen-bond donors (Lipinski definition) is 0. The first-order valence-corrected chi connectivity index (χ1v) is 9.33. The highest BCUT2D eigenvalue weighted by atomic mass is 32.1. The van der Waals surface area contributed by atoms with E-state index in [1.165, 1.54) is 42.5 Å². The molecule has 1 fully saturated rings. The average molecular weight is 318 g/mol. The number of piperazine rings is 1.